The van der Waals surface area contributed by atoms with Gasteiger partial charge in [0.05, 0.1) is 18.5 Å². The smallest absolute Gasteiger partial charge is 0.267 e. The molecule has 1 aliphatic heterocycles. The summed E-state index contributed by atoms with van der Waals surface area (Å²) in [6.45, 7) is -0.231. The number of nitrogens with one attached hydrogen (secondary N) is 1. The van der Waals surface area contributed by atoms with E-state index in [-0.39, 0.29) is 18.0 Å². The van der Waals surface area contributed by atoms with Gasteiger partial charge in [0.15, 0.2) is 17.7 Å². The molecule has 1 N–H and O–H groups in total. The van der Waals surface area contributed by atoms with Crippen LogP contribution in [-0.4, -0.2) is 33.2 Å². The third-order valence-electron chi connectivity index (χ3n) is 3.61. The van der Waals surface area contributed by atoms with Gasteiger partial charge in [-0.25, -0.2) is 17.2 Å². The summed E-state index contributed by atoms with van der Waals surface area (Å²) in [7, 11) is -3.63. The maximum atomic E-state index is 13.2. The van der Waals surface area contributed by atoms with Crippen molar-refractivity contribution in [3.05, 3.63) is 54.1 Å². The number of benzene rings is 2. The van der Waals surface area contributed by atoms with E-state index in [1.807, 2.05) is 0 Å². The molecule has 0 radical (unpaired) electrons. The second-order valence-corrected chi connectivity index (χ2v) is 7.39. The lowest BCUT2D eigenvalue weighted by atomic mass is 10.2. The van der Waals surface area contributed by atoms with E-state index >= 15 is 0 Å². The Balaban J connectivity index is 1.85. The second kappa shape index (κ2) is 6.32. The van der Waals surface area contributed by atoms with E-state index in [0.717, 1.165) is 22.7 Å². The van der Waals surface area contributed by atoms with E-state index in [9.17, 15) is 22.0 Å². The van der Waals surface area contributed by atoms with Gasteiger partial charge in [0.25, 0.3) is 5.91 Å². The third-order valence-corrected chi connectivity index (χ3v) is 4.76. The predicted octanol–water partition coefficient (Wildman–Crippen LogP) is 2.13. The Bertz CT molecular complexity index is 933. The summed E-state index contributed by atoms with van der Waals surface area (Å²) in [4.78, 5) is 12.4. The lowest BCUT2D eigenvalue weighted by molar-refractivity contribution is -0.122. The minimum atomic E-state index is -3.63. The fourth-order valence-corrected chi connectivity index (χ4v) is 3.36. The molecular formula is C16H14F2N2O4S. The maximum absolute atomic E-state index is 13.2. The molecule has 3 rings (SSSR count). The van der Waals surface area contributed by atoms with E-state index in [2.05, 4.69) is 5.32 Å². The van der Waals surface area contributed by atoms with Gasteiger partial charge in [-0.15, -0.1) is 0 Å². The summed E-state index contributed by atoms with van der Waals surface area (Å²) in [5, 5.41) is 2.39. The zero-order chi connectivity index (χ0) is 18.2. The van der Waals surface area contributed by atoms with Crippen molar-refractivity contribution in [2.45, 2.75) is 6.10 Å². The van der Waals surface area contributed by atoms with Gasteiger partial charge < -0.3 is 10.1 Å². The highest BCUT2D eigenvalue weighted by molar-refractivity contribution is 7.92. The summed E-state index contributed by atoms with van der Waals surface area (Å²) in [5.41, 5.74) is 0.374. The molecule has 2 aromatic rings. The first kappa shape index (κ1) is 17.2. The molecule has 0 unspecified atom stereocenters. The summed E-state index contributed by atoms with van der Waals surface area (Å²) in [6.07, 6.45) is -0.114. The second-order valence-electron chi connectivity index (χ2n) is 5.49. The van der Waals surface area contributed by atoms with Crippen molar-refractivity contribution in [2.24, 2.45) is 0 Å². The Hall–Kier alpha value is -2.68. The number of ether oxygens (including phenoxy) is 1. The van der Waals surface area contributed by atoms with Crippen molar-refractivity contribution in [3.8, 4) is 5.75 Å². The standard InChI is InChI=1S/C16H14F2N2O4S/c1-25(22,23)20-9-15(24-14-5-3-2-4-13(14)20)16(21)19-10-6-7-11(17)12(18)8-10/h2-8,15H,9H2,1H3,(H,19,21)/t15-/m0/s1. The molecule has 0 aliphatic carbocycles. The van der Waals surface area contributed by atoms with Gasteiger partial charge in [-0.05, 0) is 24.3 Å². The number of nitrogens with zero attached hydrogens (tertiary/aromatic N) is 1. The first-order chi connectivity index (χ1) is 11.8. The van der Waals surface area contributed by atoms with E-state index in [1.165, 1.54) is 6.07 Å². The number of carbonyl (C=O) groups excluding carboxylic acids is 1. The van der Waals surface area contributed by atoms with Gasteiger partial charge in [0.1, 0.15) is 5.75 Å². The van der Waals surface area contributed by atoms with Crippen molar-refractivity contribution in [3.63, 3.8) is 0 Å². The fourth-order valence-electron chi connectivity index (χ4n) is 2.45. The number of amides is 1. The monoisotopic (exact) mass is 368 g/mol. The topological polar surface area (TPSA) is 75.7 Å². The molecule has 0 fully saturated rings. The number of para-hydroxylation sites is 2. The molecule has 9 heteroatoms. The average molecular weight is 368 g/mol. The van der Waals surface area contributed by atoms with Crippen LogP contribution in [0.4, 0.5) is 20.2 Å². The van der Waals surface area contributed by atoms with Gasteiger partial charge >= 0.3 is 0 Å². The Morgan fingerprint density at radius 1 is 1.20 bits per heavy atom. The van der Waals surface area contributed by atoms with Crippen LogP contribution in [0.1, 0.15) is 0 Å². The first-order valence-corrected chi connectivity index (χ1v) is 9.10. The lowest BCUT2D eigenvalue weighted by Crippen LogP contribution is -2.48. The number of sulfonamides is 1. The van der Waals surface area contributed by atoms with Crippen LogP contribution >= 0.6 is 0 Å². The highest BCUT2D eigenvalue weighted by atomic mass is 32.2. The number of hydrogen-bond acceptors (Lipinski definition) is 4. The largest absolute Gasteiger partial charge is 0.476 e. The molecule has 0 saturated carbocycles. The molecule has 1 atom stereocenters. The molecule has 0 saturated heterocycles. The zero-order valence-electron chi connectivity index (χ0n) is 13.1. The van der Waals surface area contributed by atoms with Crippen molar-refractivity contribution in [2.75, 3.05) is 22.4 Å². The van der Waals surface area contributed by atoms with Crippen molar-refractivity contribution in [1.29, 1.82) is 0 Å². The molecule has 1 heterocycles. The Labute approximate surface area is 143 Å². The number of hydrogen-bond donors (Lipinski definition) is 1. The molecule has 2 aromatic carbocycles. The van der Waals surface area contributed by atoms with Gasteiger partial charge in [0.2, 0.25) is 10.0 Å². The normalized spacial score (nSPS) is 16.8. The lowest BCUT2D eigenvalue weighted by Gasteiger charge is -2.33. The summed E-state index contributed by atoms with van der Waals surface area (Å²) >= 11 is 0. The van der Waals surface area contributed by atoms with Gasteiger partial charge in [-0.2, -0.15) is 0 Å². The van der Waals surface area contributed by atoms with E-state index < -0.39 is 33.7 Å². The van der Waals surface area contributed by atoms with Crippen molar-refractivity contribution >= 4 is 27.3 Å². The number of carbonyl (C=O) groups is 1. The van der Waals surface area contributed by atoms with Gasteiger partial charge in [-0.1, -0.05) is 12.1 Å². The molecule has 25 heavy (non-hydrogen) atoms. The first-order valence-electron chi connectivity index (χ1n) is 7.25. The minimum absolute atomic E-state index is 0.0391. The molecule has 1 aliphatic rings. The number of rotatable bonds is 3. The minimum Gasteiger partial charge on any atom is -0.476 e. The molecule has 6 nitrogen and oxygen atoms in total. The van der Waals surface area contributed by atoms with Crippen LogP contribution in [0.3, 0.4) is 0 Å². The molecular weight excluding hydrogens is 354 g/mol. The highest BCUT2D eigenvalue weighted by Gasteiger charge is 2.34. The Kier molecular flexibility index (Phi) is 4.34. The molecule has 1 amide bonds. The van der Waals surface area contributed by atoms with E-state index in [1.54, 1.807) is 24.3 Å². The molecule has 0 spiro atoms. The van der Waals surface area contributed by atoms with Crippen LogP contribution in [0.2, 0.25) is 0 Å². The molecule has 0 aromatic heterocycles. The van der Waals surface area contributed by atoms with Crippen molar-refractivity contribution in [1.82, 2.24) is 0 Å². The van der Waals surface area contributed by atoms with Crippen LogP contribution < -0.4 is 14.4 Å². The van der Waals surface area contributed by atoms with Gasteiger partial charge in [-0.3, -0.25) is 9.10 Å². The average Bonchev–Trinajstić information content (AvgIpc) is 2.56. The van der Waals surface area contributed by atoms with Crippen LogP contribution in [0.25, 0.3) is 0 Å². The molecule has 132 valence electrons. The van der Waals surface area contributed by atoms with Gasteiger partial charge in [0, 0.05) is 11.8 Å². The maximum Gasteiger partial charge on any atom is 0.267 e. The van der Waals surface area contributed by atoms with Crippen molar-refractivity contribution < 1.29 is 26.7 Å². The number of anilines is 2. The quantitative estimate of drug-likeness (QED) is 0.901. The van der Waals surface area contributed by atoms with E-state index in [0.29, 0.717) is 5.69 Å². The van der Waals surface area contributed by atoms with Crippen LogP contribution in [0.5, 0.6) is 5.75 Å². The molecule has 0 bridgehead atoms. The van der Waals surface area contributed by atoms with E-state index in [4.69, 9.17) is 4.74 Å². The van der Waals surface area contributed by atoms with Crippen LogP contribution in [-0.2, 0) is 14.8 Å². The Morgan fingerprint density at radius 3 is 2.60 bits per heavy atom. The Morgan fingerprint density at radius 2 is 1.92 bits per heavy atom. The summed E-state index contributed by atoms with van der Waals surface area (Å²) in [5.74, 6) is -2.58. The summed E-state index contributed by atoms with van der Waals surface area (Å²) in [6, 6.07) is 9.33. The van der Waals surface area contributed by atoms with Crippen LogP contribution in [0.15, 0.2) is 42.5 Å². The summed E-state index contributed by atoms with van der Waals surface area (Å²) < 4.78 is 56.8. The fraction of sp³-hybridized carbons (Fsp3) is 0.188. The number of fused-ring (bicyclic) bond motifs is 1. The SMILES string of the molecule is CS(=O)(=O)N1C[C@@H](C(=O)Nc2ccc(F)c(F)c2)Oc2ccccc21. The highest BCUT2D eigenvalue weighted by Crippen LogP contribution is 2.34. The zero-order valence-corrected chi connectivity index (χ0v) is 13.9. The predicted molar refractivity (Wildman–Crippen MR) is 88.0 cm³/mol. The third kappa shape index (κ3) is 3.55. The van der Waals surface area contributed by atoms with Crippen LogP contribution in [0, 0.1) is 11.6 Å². The number of halogens is 2.